The van der Waals surface area contributed by atoms with Gasteiger partial charge in [-0.05, 0) is 35.4 Å². The molecule has 0 spiro atoms. The number of nitrogens with one attached hydrogen (secondary N) is 2. The zero-order chi connectivity index (χ0) is 22.6. The van der Waals surface area contributed by atoms with Crippen molar-refractivity contribution < 1.29 is 12.6 Å². The van der Waals surface area contributed by atoms with E-state index >= 15 is 0 Å². The molecule has 0 amide bonds. The highest BCUT2D eigenvalue weighted by Crippen LogP contribution is 2.37. The van der Waals surface area contributed by atoms with Crippen LogP contribution in [-0.4, -0.2) is 31.6 Å². The van der Waals surface area contributed by atoms with Crippen molar-refractivity contribution in [3.05, 3.63) is 88.9 Å². The van der Waals surface area contributed by atoms with Crippen LogP contribution in [0.1, 0.15) is 11.1 Å². The van der Waals surface area contributed by atoms with E-state index in [0.717, 1.165) is 11.1 Å². The second kappa shape index (κ2) is 10.1. The number of benzene rings is 3. The molecule has 4 rings (SSSR count). The van der Waals surface area contributed by atoms with Crippen LogP contribution in [0.4, 0.5) is 5.69 Å². The summed E-state index contributed by atoms with van der Waals surface area (Å²) in [6, 6.07) is 22.4. The maximum Gasteiger partial charge on any atom is 0.241 e. The third-order valence-corrected chi connectivity index (χ3v) is 8.42. The molecular formula is C23H24ClN3O3S2. The van der Waals surface area contributed by atoms with Gasteiger partial charge in [0, 0.05) is 31.2 Å². The number of sulfonamides is 1. The van der Waals surface area contributed by atoms with Crippen molar-refractivity contribution in [3.63, 3.8) is 0 Å². The maximum atomic E-state index is 13.0. The van der Waals surface area contributed by atoms with Gasteiger partial charge in [0.05, 0.1) is 27.3 Å². The Morgan fingerprint density at radius 1 is 0.938 bits per heavy atom. The lowest BCUT2D eigenvalue weighted by atomic mass is 10.2. The van der Waals surface area contributed by atoms with Crippen molar-refractivity contribution in [2.24, 2.45) is 0 Å². The van der Waals surface area contributed by atoms with Crippen LogP contribution in [0.15, 0.2) is 82.6 Å². The van der Waals surface area contributed by atoms with E-state index in [0.29, 0.717) is 35.2 Å². The van der Waals surface area contributed by atoms with Gasteiger partial charge in [-0.15, -0.1) is 0 Å². The van der Waals surface area contributed by atoms with Gasteiger partial charge >= 0.3 is 0 Å². The van der Waals surface area contributed by atoms with E-state index in [1.54, 1.807) is 6.07 Å². The van der Waals surface area contributed by atoms with Crippen molar-refractivity contribution >= 4 is 38.1 Å². The summed E-state index contributed by atoms with van der Waals surface area (Å²) in [4.78, 5) is 2.42. The summed E-state index contributed by atoms with van der Waals surface area (Å²) in [6.45, 7) is 1.82. The van der Waals surface area contributed by atoms with Gasteiger partial charge in [0.2, 0.25) is 10.0 Å². The highest BCUT2D eigenvalue weighted by atomic mass is 35.5. The van der Waals surface area contributed by atoms with E-state index in [1.807, 2.05) is 65.6 Å². The third kappa shape index (κ3) is 5.39. The zero-order valence-corrected chi connectivity index (χ0v) is 19.7. The Hall–Kier alpha value is -2.23. The summed E-state index contributed by atoms with van der Waals surface area (Å²) in [5.41, 5.74) is 2.80. The number of nitrogens with zero attached hydrogens (tertiary/aromatic N) is 1. The van der Waals surface area contributed by atoms with Crippen molar-refractivity contribution in [1.82, 2.24) is 10.0 Å². The Balaban J connectivity index is 1.41. The Labute approximate surface area is 196 Å². The van der Waals surface area contributed by atoms with Crippen molar-refractivity contribution in [2.75, 3.05) is 23.9 Å². The lowest BCUT2D eigenvalue weighted by Crippen LogP contribution is -2.32. The molecule has 1 atom stereocenters. The van der Waals surface area contributed by atoms with Crippen LogP contribution < -0.4 is 14.9 Å². The lowest BCUT2D eigenvalue weighted by Gasteiger charge is -2.18. The first kappa shape index (κ1) is 22.9. The lowest BCUT2D eigenvalue weighted by molar-refractivity contribution is 0.573. The predicted octanol–water partition coefficient (Wildman–Crippen LogP) is 3.49. The van der Waals surface area contributed by atoms with Crippen LogP contribution in [-0.2, 0) is 33.9 Å². The summed E-state index contributed by atoms with van der Waals surface area (Å²) in [5, 5.41) is 3.86. The number of hydrogen-bond donors (Lipinski definition) is 2. The van der Waals surface area contributed by atoms with Crippen molar-refractivity contribution in [1.29, 1.82) is 0 Å². The molecule has 0 radical (unpaired) electrons. The molecule has 0 fully saturated rings. The predicted molar refractivity (Wildman–Crippen MR) is 129 cm³/mol. The molecule has 0 saturated heterocycles. The smallest absolute Gasteiger partial charge is 0.241 e. The monoisotopic (exact) mass is 489 g/mol. The molecule has 2 N–H and O–H groups in total. The molecule has 3 aromatic carbocycles. The van der Waals surface area contributed by atoms with Gasteiger partial charge in [0.25, 0.3) is 0 Å². The molecule has 0 aliphatic carbocycles. The second-order valence-electron chi connectivity index (χ2n) is 7.47. The highest BCUT2D eigenvalue weighted by molar-refractivity contribution is 7.91. The van der Waals surface area contributed by atoms with Gasteiger partial charge in [-0.2, -0.15) is 0 Å². The summed E-state index contributed by atoms with van der Waals surface area (Å²) in [6.07, 6.45) is 0. The van der Waals surface area contributed by atoms with Crippen LogP contribution in [0.3, 0.4) is 0 Å². The standard InChI is InChI=1S/C23H24ClN3O3S2/c24-20-9-4-8-19(14-20)15-25-12-13-26-32(29,30)22-11-5-10-21-23(22)31(28)17-27(21)16-18-6-2-1-3-7-18/h1-11,14,25-26H,12-13,15-17H2. The molecule has 3 aromatic rings. The molecule has 6 nitrogen and oxygen atoms in total. The Morgan fingerprint density at radius 2 is 1.69 bits per heavy atom. The second-order valence-corrected chi connectivity index (χ2v) is 11.0. The third-order valence-electron chi connectivity index (χ3n) is 5.12. The Bertz CT molecular complexity index is 1220. The van der Waals surface area contributed by atoms with Gasteiger partial charge < -0.3 is 10.2 Å². The van der Waals surface area contributed by atoms with Crippen molar-refractivity contribution in [2.45, 2.75) is 22.9 Å². The van der Waals surface area contributed by atoms with E-state index in [4.69, 9.17) is 11.6 Å². The molecule has 32 heavy (non-hydrogen) atoms. The minimum absolute atomic E-state index is 0.0822. The number of hydrogen-bond acceptors (Lipinski definition) is 5. The molecule has 1 aliphatic heterocycles. The first-order chi connectivity index (χ1) is 15.4. The molecule has 9 heteroatoms. The molecule has 0 saturated carbocycles. The molecule has 168 valence electrons. The SMILES string of the molecule is O=S1CN(Cc2ccccc2)c2cccc(S(=O)(=O)NCCNCc3cccc(Cl)c3)c21. The van der Waals surface area contributed by atoms with E-state index in [2.05, 4.69) is 10.0 Å². The average molecular weight is 490 g/mol. The zero-order valence-electron chi connectivity index (χ0n) is 17.3. The highest BCUT2D eigenvalue weighted by Gasteiger charge is 2.32. The largest absolute Gasteiger partial charge is 0.354 e. The van der Waals surface area contributed by atoms with Crippen LogP contribution in [0, 0.1) is 0 Å². The quantitative estimate of drug-likeness (QED) is 0.450. The molecule has 0 aromatic heterocycles. The van der Waals surface area contributed by atoms with Crippen LogP contribution in [0.25, 0.3) is 0 Å². The number of halogens is 1. The molecule has 1 aliphatic rings. The Kier molecular flexibility index (Phi) is 7.27. The first-order valence-corrected chi connectivity index (χ1v) is 13.4. The average Bonchev–Trinajstić information content (AvgIpc) is 3.09. The normalized spacial score (nSPS) is 15.7. The van der Waals surface area contributed by atoms with Gasteiger partial charge in [-0.1, -0.05) is 60.1 Å². The van der Waals surface area contributed by atoms with E-state index < -0.39 is 20.8 Å². The van der Waals surface area contributed by atoms with Crippen LogP contribution in [0.5, 0.6) is 0 Å². The number of fused-ring (bicyclic) bond motifs is 1. The van der Waals surface area contributed by atoms with Gasteiger partial charge in [0.1, 0.15) is 4.90 Å². The molecular weight excluding hydrogens is 466 g/mol. The minimum atomic E-state index is -3.80. The van der Waals surface area contributed by atoms with Gasteiger partial charge in [0.15, 0.2) is 0 Å². The Morgan fingerprint density at radius 3 is 2.47 bits per heavy atom. The fraction of sp³-hybridized carbons (Fsp3) is 0.217. The number of rotatable bonds is 9. The van der Waals surface area contributed by atoms with Gasteiger partial charge in [-0.3, -0.25) is 4.21 Å². The maximum absolute atomic E-state index is 13.0. The molecule has 1 unspecified atom stereocenters. The summed E-state index contributed by atoms with van der Waals surface area (Å²) in [5.74, 6) is 0.276. The summed E-state index contributed by atoms with van der Waals surface area (Å²) < 4.78 is 41.4. The fourth-order valence-corrected chi connectivity index (χ4v) is 6.95. The van der Waals surface area contributed by atoms with E-state index in [9.17, 15) is 12.6 Å². The van der Waals surface area contributed by atoms with Crippen molar-refractivity contribution in [3.8, 4) is 0 Å². The van der Waals surface area contributed by atoms with Crippen LogP contribution >= 0.6 is 11.6 Å². The number of anilines is 1. The van der Waals surface area contributed by atoms with E-state index in [-0.39, 0.29) is 17.3 Å². The summed E-state index contributed by atoms with van der Waals surface area (Å²) >= 11 is 5.98. The molecule has 0 bridgehead atoms. The fourth-order valence-electron chi connectivity index (χ4n) is 3.64. The topological polar surface area (TPSA) is 78.5 Å². The van der Waals surface area contributed by atoms with Gasteiger partial charge in [-0.25, -0.2) is 13.1 Å². The van der Waals surface area contributed by atoms with Crippen LogP contribution in [0.2, 0.25) is 5.02 Å². The first-order valence-electron chi connectivity index (χ1n) is 10.2. The van der Waals surface area contributed by atoms with E-state index in [1.165, 1.54) is 6.07 Å². The molecule has 1 heterocycles. The minimum Gasteiger partial charge on any atom is -0.354 e. The summed E-state index contributed by atoms with van der Waals surface area (Å²) in [7, 11) is -5.21.